The van der Waals surface area contributed by atoms with Gasteiger partial charge in [0.15, 0.2) is 0 Å². The Labute approximate surface area is 174 Å². The monoisotopic (exact) mass is 414 g/mol. The van der Waals surface area contributed by atoms with E-state index in [1.807, 2.05) is 44.2 Å². The zero-order valence-electron chi connectivity index (χ0n) is 17.5. The molecule has 1 heterocycles. The molecule has 2 aromatic rings. The second-order valence-corrected chi connectivity index (χ2v) is 9.58. The normalized spacial score (nSPS) is 16.3. The summed E-state index contributed by atoms with van der Waals surface area (Å²) in [7, 11) is -3.62. The number of unbranched alkanes of at least 4 members (excludes halogenated alkanes) is 1. The number of carbonyl (C=O) groups is 1. The molecule has 0 saturated carbocycles. The maximum absolute atomic E-state index is 13.4. The standard InChI is InChI=1S/C23H30N2O3S/c1-4-6-14-24(17-19-10-8-7-9-11-19)29(27,28)21-12-13-22-20(16-21)15-18(3)25(22)23(26)5-2/h7-13,16,18H,4-6,14-15,17H2,1-3H3/t18-/m0/s1. The molecule has 0 aromatic heterocycles. The SMILES string of the molecule is CCCCN(Cc1ccccc1)S(=O)(=O)c1ccc2c(c1)C[C@H](C)N2C(=O)CC. The van der Waals surface area contributed by atoms with Crippen molar-refractivity contribution in [2.75, 3.05) is 11.4 Å². The molecule has 0 saturated heterocycles. The molecular formula is C23H30N2O3S. The van der Waals surface area contributed by atoms with Gasteiger partial charge in [-0.1, -0.05) is 50.6 Å². The molecule has 1 amide bonds. The average molecular weight is 415 g/mol. The Bertz CT molecular complexity index is 957. The van der Waals surface area contributed by atoms with E-state index in [-0.39, 0.29) is 11.9 Å². The molecule has 1 aliphatic heterocycles. The van der Waals surface area contributed by atoms with Gasteiger partial charge in [0.25, 0.3) is 0 Å². The first-order valence-corrected chi connectivity index (χ1v) is 11.8. The number of hydrogen-bond donors (Lipinski definition) is 0. The van der Waals surface area contributed by atoms with E-state index >= 15 is 0 Å². The molecular weight excluding hydrogens is 384 g/mol. The zero-order chi connectivity index (χ0) is 21.0. The molecule has 0 bridgehead atoms. The average Bonchev–Trinajstić information content (AvgIpc) is 3.06. The van der Waals surface area contributed by atoms with Crippen molar-refractivity contribution in [2.24, 2.45) is 0 Å². The van der Waals surface area contributed by atoms with E-state index in [4.69, 9.17) is 0 Å². The first kappa shape index (κ1) is 21.5. The lowest BCUT2D eigenvalue weighted by molar-refractivity contribution is -0.118. The molecule has 5 nitrogen and oxygen atoms in total. The minimum absolute atomic E-state index is 0.0518. The lowest BCUT2D eigenvalue weighted by atomic mass is 10.1. The van der Waals surface area contributed by atoms with Gasteiger partial charge in [-0.15, -0.1) is 0 Å². The Balaban J connectivity index is 1.92. The van der Waals surface area contributed by atoms with Crippen molar-refractivity contribution in [2.45, 2.75) is 63.9 Å². The predicted octanol–water partition coefficient (Wildman–Crippen LogP) is 4.37. The number of amides is 1. The zero-order valence-corrected chi connectivity index (χ0v) is 18.3. The molecule has 0 N–H and O–H groups in total. The quantitative estimate of drug-likeness (QED) is 0.645. The van der Waals surface area contributed by atoms with E-state index in [2.05, 4.69) is 6.92 Å². The van der Waals surface area contributed by atoms with Gasteiger partial charge >= 0.3 is 0 Å². The van der Waals surface area contributed by atoms with Crippen molar-refractivity contribution >= 4 is 21.6 Å². The third-order valence-electron chi connectivity index (χ3n) is 5.44. The Morgan fingerprint density at radius 1 is 1.14 bits per heavy atom. The third-order valence-corrected chi connectivity index (χ3v) is 7.28. The van der Waals surface area contributed by atoms with Crippen LogP contribution in [-0.2, 0) is 27.8 Å². The third kappa shape index (κ3) is 4.54. The van der Waals surface area contributed by atoms with Gasteiger partial charge in [-0.3, -0.25) is 4.79 Å². The van der Waals surface area contributed by atoms with Crippen molar-refractivity contribution < 1.29 is 13.2 Å². The molecule has 2 aromatic carbocycles. The van der Waals surface area contributed by atoms with Crippen LogP contribution in [0.25, 0.3) is 0 Å². The molecule has 156 valence electrons. The first-order valence-electron chi connectivity index (χ1n) is 10.4. The molecule has 29 heavy (non-hydrogen) atoms. The van der Waals surface area contributed by atoms with Crippen LogP contribution in [0.1, 0.15) is 51.2 Å². The number of nitrogens with zero attached hydrogens (tertiary/aromatic N) is 2. The molecule has 0 spiro atoms. The van der Waals surface area contributed by atoms with E-state index in [1.165, 1.54) is 0 Å². The summed E-state index contributed by atoms with van der Waals surface area (Å²) >= 11 is 0. The molecule has 0 unspecified atom stereocenters. The number of rotatable bonds is 8. The summed E-state index contributed by atoms with van der Waals surface area (Å²) in [5, 5.41) is 0. The van der Waals surface area contributed by atoms with Crippen molar-refractivity contribution in [3.05, 3.63) is 59.7 Å². The summed E-state index contributed by atoms with van der Waals surface area (Å²) in [5.74, 6) is 0.0699. The Morgan fingerprint density at radius 3 is 2.52 bits per heavy atom. The van der Waals surface area contributed by atoms with Crippen LogP contribution < -0.4 is 4.90 Å². The van der Waals surface area contributed by atoms with Crippen LogP contribution in [0.15, 0.2) is 53.4 Å². The van der Waals surface area contributed by atoms with Crippen molar-refractivity contribution in [1.29, 1.82) is 0 Å². The van der Waals surface area contributed by atoms with E-state index in [0.29, 0.717) is 30.8 Å². The molecule has 6 heteroatoms. The minimum atomic E-state index is -3.62. The summed E-state index contributed by atoms with van der Waals surface area (Å²) in [6, 6.07) is 14.9. The van der Waals surface area contributed by atoms with Crippen LogP contribution in [0.2, 0.25) is 0 Å². The van der Waals surface area contributed by atoms with E-state index in [0.717, 1.165) is 29.7 Å². The van der Waals surface area contributed by atoms with E-state index in [9.17, 15) is 13.2 Å². The number of benzene rings is 2. The highest BCUT2D eigenvalue weighted by molar-refractivity contribution is 7.89. The van der Waals surface area contributed by atoms with Crippen LogP contribution in [-0.4, -0.2) is 31.2 Å². The van der Waals surface area contributed by atoms with Crippen LogP contribution in [0.4, 0.5) is 5.69 Å². The largest absolute Gasteiger partial charge is 0.309 e. The fraction of sp³-hybridized carbons (Fsp3) is 0.435. The Kier molecular flexibility index (Phi) is 6.75. The smallest absolute Gasteiger partial charge is 0.243 e. The molecule has 1 atom stereocenters. The fourth-order valence-electron chi connectivity index (χ4n) is 3.87. The van der Waals surface area contributed by atoms with Gasteiger partial charge in [0.1, 0.15) is 0 Å². The van der Waals surface area contributed by atoms with Gasteiger partial charge in [0.2, 0.25) is 15.9 Å². The fourth-order valence-corrected chi connectivity index (χ4v) is 5.39. The highest BCUT2D eigenvalue weighted by Gasteiger charge is 2.32. The predicted molar refractivity (Wildman–Crippen MR) is 116 cm³/mol. The van der Waals surface area contributed by atoms with Crippen LogP contribution >= 0.6 is 0 Å². The van der Waals surface area contributed by atoms with E-state index < -0.39 is 10.0 Å². The molecule has 0 radical (unpaired) electrons. The number of fused-ring (bicyclic) bond motifs is 1. The maximum atomic E-state index is 13.4. The minimum Gasteiger partial charge on any atom is -0.309 e. The number of anilines is 1. The molecule has 0 aliphatic carbocycles. The Morgan fingerprint density at radius 2 is 1.86 bits per heavy atom. The van der Waals surface area contributed by atoms with Crippen molar-refractivity contribution in [3.8, 4) is 0 Å². The highest BCUT2D eigenvalue weighted by Crippen LogP contribution is 2.35. The summed E-state index contributed by atoms with van der Waals surface area (Å²) in [5.41, 5.74) is 2.74. The van der Waals surface area contributed by atoms with Gasteiger partial charge < -0.3 is 4.90 Å². The summed E-state index contributed by atoms with van der Waals surface area (Å²) in [4.78, 5) is 14.4. The van der Waals surface area contributed by atoms with Gasteiger partial charge in [-0.2, -0.15) is 4.31 Å². The lowest BCUT2D eigenvalue weighted by Crippen LogP contribution is -2.35. The summed E-state index contributed by atoms with van der Waals surface area (Å²) in [6.45, 7) is 6.76. The second kappa shape index (κ2) is 9.09. The summed E-state index contributed by atoms with van der Waals surface area (Å²) in [6.07, 6.45) is 2.85. The van der Waals surface area contributed by atoms with Crippen LogP contribution in [0, 0.1) is 0 Å². The second-order valence-electron chi connectivity index (χ2n) is 7.64. The van der Waals surface area contributed by atoms with Gasteiger partial charge in [0.05, 0.1) is 4.90 Å². The molecule has 1 aliphatic rings. The highest BCUT2D eigenvalue weighted by atomic mass is 32.2. The lowest BCUT2D eigenvalue weighted by Gasteiger charge is -2.24. The topological polar surface area (TPSA) is 57.7 Å². The van der Waals surface area contributed by atoms with Gasteiger partial charge in [-0.05, 0) is 49.1 Å². The summed E-state index contributed by atoms with van der Waals surface area (Å²) < 4.78 is 28.5. The number of hydrogen-bond acceptors (Lipinski definition) is 3. The molecule has 3 rings (SSSR count). The van der Waals surface area contributed by atoms with Gasteiger partial charge in [0, 0.05) is 31.2 Å². The van der Waals surface area contributed by atoms with Gasteiger partial charge in [-0.25, -0.2) is 8.42 Å². The van der Waals surface area contributed by atoms with Crippen molar-refractivity contribution in [1.82, 2.24) is 4.31 Å². The van der Waals surface area contributed by atoms with Crippen LogP contribution in [0.5, 0.6) is 0 Å². The first-order chi connectivity index (χ1) is 13.9. The molecule has 0 fully saturated rings. The van der Waals surface area contributed by atoms with Crippen LogP contribution in [0.3, 0.4) is 0 Å². The van der Waals surface area contributed by atoms with Crippen molar-refractivity contribution in [3.63, 3.8) is 0 Å². The number of sulfonamides is 1. The van der Waals surface area contributed by atoms with E-state index in [1.54, 1.807) is 27.4 Å². The Hall–Kier alpha value is -2.18. The maximum Gasteiger partial charge on any atom is 0.243 e. The number of carbonyl (C=O) groups excluding carboxylic acids is 1.